The summed E-state index contributed by atoms with van der Waals surface area (Å²) in [5, 5.41) is 0.574. The van der Waals surface area contributed by atoms with Crippen LogP contribution in [-0.2, 0) is 0 Å². The Labute approximate surface area is 111 Å². The van der Waals surface area contributed by atoms with Crippen molar-refractivity contribution in [3.63, 3.8) is 0 Å². The molecule has 0 saturated carbocycles. The van der Waals surface area contributed by atoms with Crippen molar-refractivity contribution in [1.82, 2.24) is 9.97 Å². The van der Waals surface area contributed by atoms with Gasteiger partial charge in [0.05, 0.1) is 0 Å². The van der Waals surface area contributed by atoms with Crippen molar-refractivity contribution in [3.8, 4) is 0 Å². The van der Waals surface area contributed by atoms with Crippen LogP contribution < -0.4 is 10.6 Å². The van der Waals surface area contributed by atoms with Crippen molar-refractivity contribution < 1.29 is 0 Å². The fourth-order valence-electron chi connectivity index (χ4n) is 1.95. The highest BCUT2D eigenvalue weighted by Gasteiger charge is 2.28. The van der Waals surface area contributed by atoms with Crippen molar-refractivity contribution in [2.75, 3.05) is 17.2 Å². The summed E-state index contributed by atoms with van der Waals surface area (Å²) in [6, 6.07) is 0.415. The van der Waals surface area contributed by atoms with Gasteiger partial charge in [0, 0.05) is 36.0 Å². The molecule has 4 nitrogen and oxygen atoms in total. The van der Waals surface area contributed by atoms with Gasteiger partial charge in [-0.2, -0.15) is 11.8 Å². The van der Waals surface area contributed by atoms with Gasteiger partial charge in [0.1, 0.15) is 10.7 Å². The number of thiocarbonyl (C=S) groups is 1. The fraction of sp³-hybridized carbons (Fsp3) is 0.545. The lowest BCUT2D eigenvalue weighted by molar-refractivity contribution is 0.618. The third-order valence-electron chi connectivity index (χ3n) is 3.07. The topological polar surface area (TPSA) is 55.0 Å². The maximum absolute atomic E-state index is 5.70. The van der Waals surface area contributed by atoms with Gasteiger partial charge in [-0.05, 0) is 6.92 Å². The predicted octanol–water partition coefficient (Wildman–Crippen LogP) is 1.44. The highest BCUT2D eigenvalue weighted by molar-refractivity contribution is 8.00. The number of anilines is 1. The molecule has 1 aromatic rings. The summed E-state index contributed by atoms with van der Waals surface area (Å²) in [5.74, 6) is 1.92. The molecule has 6 heteroatoms. The van der Waals surface area contributed by atoms with E-state index in [0.29, 0.717) is 22.0 Å². The van der Waals surface area contributed by atoms with Crippen LogP contribution in [0.15, 0.2) is 12.4 Å². The Balaban J connectivity index is 2.36. The quantitative estimate of drug-likeness (QED) is 0.819. The molecule has 0 spiro atoms. The Morgan fingerprint density at radius 3 is 2.88 bits per heavy atom. The molecule has 92 valence electrons. The van der Waals surface area contributed by atoms with Crippen LogP contribution in [0.4, 0.5) is 5.82 Å². The van der Waals surface area contributed by atoms with Crippen LogP contribution in [0, 0.1) is 0 Å². The summed E-state index contributed by atoms with van der Waals surface area (Å²) in [6.07, 6.45) is 3.32. The van der Waals surface area contributed by atoms with Crippen LogP contribution in [0.1, 0.15) is 19.5 Å². The molecular weight excluding hydrogens is 252 g/mol. The zero-order valence-electron chi connectivity index (χ0n) is 9.96. The smallest absolute Gasteiger partial charge is 0.157 e. The number of hydrogen-bond acceptors (Lipinski definition) is 5. The molecule has 1 aliphatic rings. The summed E-state index contributed by atoms with van der Waals surface area (Å²) in [6.45, 7) is 5.40. The Bertz CT molecular complexity index is 424. The van der Waals surface area contributed by atoms with E-state index in [9.17, 15) is 0 Å². The van der Waals surface area contributed by atoms with E-state index in [1.807, 2.05) is 11.8 Å². The van der Waals surface area contributed by atoms with E-state index in [2.05, 4.69) is 28.7 Å². The monoisotopic (exact) mass is 268 g/mol. The van der Waals surface area contributed by atoms with Gasteiger partial charge in [-0.1, -0.05) is 19.1 Å². The highest BCUT2D eigenvalue weighted by Crippen LogP contribution is 2.28. The van der Waals surface area contributed by atoms with Crippen molar-refractivity contribution in [1.29, 1.82) is 0 Å². The summed E-state index contributed by atoms with van der Waals surface area (Å²) in [7, 11) is 0. The van der Waals surface area contributed by atoms with E-state index in [1.54, 1.807) is 12.4 Å². The molecular formula is C11H16N4S2. The van der Waals surface area contributed by atoms with Crippen molar-refractivity contribution in [2.45, 2.75) is 25.1 Å². The average molecular weight is 268 g/mol. The second kappa shape index (κ2) is 5.18. The number of hydrogen-bond donors (Lipinski definition) is 1. The first-order valence-corrected chi connectivity index (χ1v) is 7.06. The molecule has 2 rings (SSSR count). The van der Waals surface area contributed by atoms with Crippen LogP contribution in [0.25, 0.3) is 0 Å². The molecule has 1 saturated heterocycles. The van der Waals surface area contributed by atoms with Crippen molar-refractivity contribution in [3.05, 3.63) is 18.1 Å². The molecule has 0 radical (unpaired) electrons. The van der Waals surface area contributed by atoms with Crippen LogP contribution >= 0.6 is 24.0 Å². The van der Waals surface area contributed by atoms with Crippen molar-refractivity contribution >= 4 is 34.8 Å². The molecule has 0 aliphatic carbocycles. The van der Waals surface area contributed by atoms with Gasteiger partial charge in [-0.25, -0.2) is 9.97 Å². The molecule has 17 heavy (non-hydrogen) atoms. The first kappa shape index (κ1) is 12.6. The Hall–Kier alpha value is -0.880. The summed E-state index contributed by atoms with van der Waals surface area (Å²) < 4.78 is 0. The fourth-order valence-corrected chi connectivity index (χ4v) is 3.19. The predicted molar refractivity (Wildman–Crippen MR) is 76.6 cm³/mol. The largest absolute Gasteiger partial charge is 0.388 e. The number of rotatable bonds is 2. The molecule has 1 aromatic heterocycles. The third kappa shape index (κ3) is 2.52. The second-order valence-electron chi connectivity index (χ2n) is 4.10. The first-order valence-electron chi connectivity index (χ1n) is 5.60. The number of nitrogens with two attached hydrogens (primary N) is 1. The summed E-state index contributed by atoms with van der Waals surface area (Å²) in [4.78, 5) is 11.2. The van der Waals surface area contributed by atoms with Gasteiger partial charge in [-0.3, -0.25) is 0 Å². The third-order valence-corrected chi connectivity index (χ3v) is 4.60. The molecule has 0 aromatic carbocycles. The van der Waals surface area contributed by atoms with E-state index in [-0.39, 0.29) is 0 Å². The van der Waals surface area contributed by atoms with Crippen molar-refractivity contribution in [2.24, 2.45) is 5.73 Å². The van der Waals surface area contributed by atoms with Gasteiger partial charge >= 0.3 is 0 Å². The minimum absolute atomic E-state index is 0.311. The maximum atomic E-state index is 5.70. The number of thioether (sulfide) groups is 1. The summed E-state index contributed by atoms with van der Waals surface area (Å²) in [5.41, 5.74) is 6.33. The molecule has 2 heterocycles. The maximum Gasteiger partial charge on any atom is 0.157 e. The Kier molecular flexibility index (Phi) is 3.83. The van der Waals surface area contributed by atoms with E-state index in [0.717, 1.165) is 18.1 Å². The molecule has 2 atom stereocenters. The first-order chi connectivity index (χ1) is 8.11. The SMILES string of the molecule is CC1SCCN(c2nccnc2C(N)=S)C1C. The highest BCUT2D eigenvalue weighted by atomic mass is 32.2. The second-order valence-corrected chi connectivity index (χ2v) is 6.03. The van der Waals surface area contributed by atoms with Crippen LogP contribution in [0.3, 0.4) is 0 Å². The minimum Gasteiger partial charge on any atom is -0.388 e. The Morgan fingerprint density at radius 1 is 1.47 bits per heavy atom. The summed E-state index contributed by atoms with van der Waals surface area (Å²) >= 11 is 7.02. The lowest BCUT2D eigenvalue weighted by atomic mass is 10.2. The molecule has 0 bridgehead atoms. The number of aromatic nitrogens is 2. The standard InChI is InChI=1S/C11H16N4S2/c1-7-8(2)17-6-5-15(7)11-9(10(12)16)13-3-4-14-11/h3-4,7-8H,5-6H2,1-2H3,(H2,12,16). The molecule has 2 unspecified atom stereocenters. The van der Waals surface area contributed by atoms with Crippen LogP contribution in [0.2, 0.25) is 0 Å². The van der Waals surface area contributed by atoms with E-state index < -0.39 is 0 Å². The zero-order valence-corrected chi connectivity index (χ0v) is 11.6. The average Bonchev–Trinajstić information content (AvgIpc) is 2.33. The van der Waals surface area contributed by atoms with E-state index >= 15 is 0 Å². The molecule has 0 amide bonds. The van der Waals surface area contributed by atoms with Gasteiger partial charge in [-0.15, -0.1) is 0 Å². The normalized spacial score (nSPS) is 24.7. The van der Waals surface area contributed by atoms with Crippen LogP contribution in [-0.4, -0.2) is 38.5 Å². The lowest BCUT2D eigenvalue weighted by Crippen LogP contribution is -2.46. The molecule has 1 fully saturated rings. The molecule has 2 N–H and O–H groups in total. The lowest BCUT2D eigenvalue weighted by Gasteiger charge is -2.38. The van der Waals surface area contributed by atoms with Crippen LogP contribution in [0.5, 0.6) is 0 Å². The molecule has 1 aliphatic heterocycles. The Morgan fingerprint density at radius 2 is 2.18 bits per heavy atom. The minimum atomic E-state index is 0.311. The van der Waals surface area contributed by atoms with Gasteiger partial charge in [0.15, 0.2) is 5.82 Å². The zero-order chi connectivity index (χ0) is 12.4. The van der Waals surface area contributed by atoms with Gasteiger partial charge in [0.25, 0.3) is 0 Å². The van der Waals surface area contributed by atoms with E-state index in [1.165, 1.54) is 0 Å². The number of nitrogens with zero attached hydrogens (tertiary/aromatic N) is 3. The van der Waals surface area contributed by atoms with E-state index in [4.69, 9.17) is 18.0 Å². The van der Waals surface area contributed by atoms with Gasteiger partial charge in [0.2, 0.25) is 0 Å². The van der Waals surface area contributed by atoms with Gasteiger partial charge < -0.3 is 10.6 Å².